The average molecular weight is 420 g/mol. The van der Waals surface area contributed by atoms with E-state index in [4.69, 9.17) is 0 Å². The van der Waals surface area contributed by atoms with E-state index in [9.17, 15) is 23.6 Å². The first-order valence-corrected chi connectivity index (χ1v) is 11.0. The highest BCUT2D eigenvalue weighted by atomic mass is 32.2. The van der Waals surface area contributed by atoms with Crippen molar-refractivity contribution in [1.82, 2.24) is 4.90 Å². The Morgan fingerprint density at radius 2 is 1.66 bits per heavy atom. The largest absolute Gasteiger partial charge is 0.390 e. The van der Waals surface area contributed by atoms with E-state index in [1.165, 1.54) is 35.0 Å². The lowest BCUT2D eigenvalue weighted by atomic mass is 10.1. The molecule has 1 heterocycles. The maximum atomic E-state index is 13.3. The van der Waals surface area contributed by atoms with Crippen LogP contribution in [0.25, 0.3) is 0 Å². The maximum Gasteiger partial charge on any atom is 0.269 e. The molecule has 2 aromatic carbocycles. The molecule has 0 aliphatic carbocycles. The molecule has 156 valence electrons. The smallest absolute Gasteiger partial charge is 0.269 e. The Morgan fingerprint density at radius 3 is 2.24 bits per heavy atom. The van der Waals surface area contributed by atoms with Crippen LogP contribution >= 0.6 is 0 Å². The van der Waals surface area contributed by atoms with Crippen molar-refractivity contribution in [3.8, 4) is 0 Å². The summed E-state index contributed by atoms with van der Waals surface area (Å²) in [6.45, 7) is 2.11. The fourth-order valence-electron chi connectivity index (χ4n) is 3.49. The van der Waals surface area contributed by atoms with Crippen molar-refractivity contribution in [2.45, 2.75) is 30.3 Å². The Balaban J connectivity index is 1.85. The van der Waals surface area contributed by atoms with Crippen molar-refractivity contribution in [2.75, 3.05) is 30.5 Å². The van der Waals surface area contributed by atoms with Gasteiger partial charge in [-0.2, -0.15) is 0 Å². The molecule has 29 heavy (non-hydrogen) atoms. The predicted octanol–water partition coefficient (Wildman–Crippen LogP) is 2.64. The number of sulfonamides is 1. The van der Waals surface area contributed by atoms with Crippen LogP contribution in [-0.4, -0.2) is 55.6 Å². The van der Waals surface area contributed by atoms with Crippen LogP contribution in [-0.2, 0) is 10.0 Å². The number of hydrogen-bond donors (Lipinski definition) is 1. The normalized spacial score (nSPS) is 16.3. The number of para-hydroxylation sites is 1. The third kappa shape index (κ3) is 5.31. The summed E-state index contributed by atoms with van der Waals surface area (Å²) >= 11 is 0. The van der Waals surface area contributed by atoms with Gasteiger partial charge >= 0.3 is 0 Å². The van der Waals surface area contributed by atoms with E-state index in [0.29, 0.717) is 12.2 Å². The second kappa shape index (κ2) is 9.34. The van der Waals surface area contributed by atoms with E-state index in [2.05, 4.69) is 4.90 Å². The fraction of sp³-hybridized carbons (Fsp3) is 0.400. The van der Waals surface area contributed by atoms with Gasteiger partial charge in [-0.3, -0.25) is 14.4 Å². The van der Waals surface area contributed by atoms with Gasteiger partial charge in [0.15, 0.2) is 0 Å². The number of hydrogen-bond acceptors (Lipinski definition) is 6. The average Bonchev–Trinajstić information content (AvgIpc) is 2.73. The molecule has 1 N–H and O–H groups in total. The minimum absolute atomic E-state index is 0.0582. The Hall–Kier alpha value is -2.49. The lowest BCUT2D eigenvalue weighted by Crippen LogP contribution is -2.44. The molecule has 0 bridgehead atoms. The van der Waals surface area contributed by atoms with E-state index in [1.54, 1.807) is 30.3 Å². The molecule has 8 nitrogen and oxygen atoms in total. The van der Waals surface area contributed by atoms with Crippen molar-refractivity contribution < 1.29 is 18.4 Å². The SMILES string of the molecule is O=[N+]([O-])c1ccc(S(=O)(=O)N(C[C@H](O)CN2CCCCC2)c2ccccc2)cc1. The van der Waals surface area contributed by atoms with Crippen molar-refractivity contribution >= 4 is 21.4 Å². The number of aliphatic hydroxyl groups is 1. The Kier molecular flexibility index (Phi) is 6.83. The predicted molar refractivity (Wildman–Crippen MR) is 110 cm³/mol. The molecular weight excluding hydrogens is 394 g/mol. The quantitative estimate of drug-likeness (QED) is 0.521. The summed E-state index contributed by atoms with van der Waals surface area (Å²) in [6, 6.07) is 13.3. The summed E-state index contributed by atoms with van der Waals surface area (Å²) in [4.78, 5) is 12.4. The fourth-order valence-corrected chi connectivity index (χ4v) is 4.99. The number of non-ortho nitro benzene ring substituents is 1. The van der Waals surface area contributed by atoms with Crippen LogP contribution in [0, 0.1) is 10.1 Å². The van der Waals surface area contributed by atoms with Crippen LogP contribution in [0.4, 0.5) is 11.4 Å². The van der Waals surface area contributed by atoms with Crippen molar-refractivity contribution in [3.63, 3.8) is 0 Å². The monoisotopic (exact) mass is 419 g/mol. The van der Waals surface area contributed by atoms with Gasteiger partial charge in [-0.05, 0) is 50.2 Å². The first kappa shape index (κ1) is 21.2. The molecule has 0 amide bonds. The Bertz CT molecular complexity index is 913. The molecular formula is C20H25N3O5S. The number of β-amino-alcohol motifs (C(OH)–C–C–N with tert-alkyl or cyclic N) is 1. The van der Waals surface area contributed by atoms with Crippen LogP contribution in [0.3, 0.4) is 0 Å². The van der Waals surface area contributed by atoms with Gasteiger partial charge in [0, 0.05) is 18.7 Å². The van der Waals surface area contributed by atoms with Crippen molar-refractivity contribution in [2.24, 2.45) is 0 Å². The minimum Gasteiger partial charge on any atom is -0.390 e. The zero-order valence-electron chi connectivity index (χ0n) is 16.1. The molecule has 0 aromatic heterocycles. The van der Waals surface area contributed by atoms with Gasteiger partial charge in [-0.1, -0.05) is 24.6 Å². The second-order valence-electron chi connectivity index (χ2n) is 7.14. The van der Waals surface area contributed by atoms with Crippen molar-refractivity contribution in [1.29, 1.82) is 0 Å². The number of likely N-dealkylation sites (tertiary alicyclic amines) is 1. The minimum atomic E-state index is -4.00. The maximum absolute atomic E-state index is 13.3. The van der Waals surface area contributed by atoms with Crippen LogP contribution in [0.1, 0.15) is 19.3 Å². The highest BCUT2D eigenvalue weighted by molar-refractivity contribution is 7.92. The molecule has 0 radical (unpaired) electrons. The summed E-state index contributed by atoms with van der Waals surface area (Å²) in [5, 5.41) is 21.5. The van der Waals surface area contributed by atoms with Gasteiger partial charge in [-0.15, -0.1) is 0 Å². The van der Waals surface area contributed by atoms with Crippen LogP contribution in [0.15, 0.2) is 59.5 Å². The number of nitro groups is 1. The van der Waals surface area contributed by atoms with Gasteiger partial charge in [0.05, 0.1) is 28.2 Å². The van der Waals surface area contributed by atoms with Gasteiger partial charge in [0.25, 0.3) is 15.7 Å². The first-order valence-electron chi connectivity index (χ1n) is 9.60. The highest BCUT2D eigenvalue weighted by Gasteiger charge is 2.28. The Morgan fingerprint density at radius 1 is 1.03 bits per heavy atom. The van der Waals surface area contributed by atoms with Crippen molar-refractivity contribution in [3.05, 3.63) is 64.7 Å². The van der Waals surface area contributed by atoms with Gasteiger partial charge in [-0.25, -0.2) is 8.42 Å². The first-order chi connectivity index (χ1) is 13.9. The van der Waals surface area contributed by atoms with E-state index in [-0.39, 0.29) is 17.1 Å². The zero-order valence-corrected chi connectivity index (χ0v) is 16.9. The molecule has 1 aliphatic rings. The second-order valence-corrected chi connectivity index (χ2v) is 9.00. The van der Waals surface area contributed by atoms with Crippen LogP contribution in [0.2, 0.25) is 0 Å². The molecule has 0 saturated carbocycles. The number of benzene rings is 2. The van der Waals surface area contributed by atoms with Gasteiger partial charge in [0.1, 0.15) is 0 Å². The van der Waals surface area contributed by atoms with E-state index < -0.39 is 21.1 Å². The molecule has 3 rings (SSSR count). The topological polar surface area (TPSA) is 104 Å². The number of anilines is 1. The number of nitro benzene ring substituents is 1. The lowest BCUT2D eigenvalue weighted by molar-refractivity contribution is -0.384. The molecule has 9 heteroatoms. The van der Waals surface area contributed by atoms with E-state index >= 15 is 0 Å². The molecule has 0 unspecified atom stereocenters. The zero-order chi connectivity index (χ0) is 20.9. The summed E-state index contributed by atoms with van der Waals surface area (Å²) in [7, 11) is -4.00. The summed E-state index contributed by atoms with van der Waals surface area (Å²) in [5.41, 5.74) is 0.254. The number of piperidine rings is 1. The van der Waals surface area contributed by atoms with Crippen LogP contribution < -0.4 is 4.31 Å². The van der Waals surface area contributed by atoms with Crippen LogP contribution in [0.5, 0.6) is 0 Å². The lowest BCUT2D eigenvalue weighted by Gasteiger charge is -2.31. The molecule has 1 aliphatic heterocycles. The number of rotatable bonds is 8. The molecule has 1 fully saturated rings. The summed E-state index contributed by atoms with van der Waals surface area (Å²) in [6.07, 6.45) is 2.48. The third-order valence-electron chi connectivity index (χ3n) is 4.97. The summed E-state index contributed by atoms with van der Waals surface area (Å²) < 4.78 is 27.7. The Labute approximate surface area is 170 Å². The number of nitrogens with zero attached hydrogens (tertiary/aromatic N) is 3. The molecule has 2 aromatic rings. The molecule has 1 atom stereocenters. The molecule has 0 spiro atoms. The van der Waals surface area contributed by atoms with E-state index in [1.807, 2.05) is 0 Å². The van der Waals surface area contributed by atoms with Gasteiger partial charge < -0.3 is 10.0 Å². The third-order valence-corrected chi connectivity index (χ3v) is 6.78. The standard InChI is InChI=1S/C20H25N3O5S/c24-19(15-21-13-5-2-6-14-21)16-22(17-7-3-1-4-8-17)29(27,28)20-11-9-18(10-12-20)23(25)26/h1,3-4,7-12,19,24H,2,5-6,13-16H2/t19-/m1/s1. The number of aliphatic hydroxyl groups excluding tert-OH is 1. The highest BCUT2D eigenvalue weighted by Crippen LogP contribution is 2.25. The van der Waals surface area contributed by atoms with Gasteiger partial charge in [0.2, 0.25) is 0 Å². The summed E-state index contributed by atoms with van der Waals surface area (Å²) in [5.74, 6) is 0. The van der Waals surface area contributed by atoms with E-state index in [0.717, 1.165) is 25.9 Å². The molecule has 1 saturated heterocycles.